The smallest absolute Gasteiger partial charge is 0.276 e. The van der Waals surface area contributed by atoms with Crippen LogP contribution in [0, 0.1) is 6.92 Å². The van der Waals surface area contributed by atoms with E-state index in [1.165, 1.54) is 11.3 Å². The lowest BCUT2D eigenvalue weighted by Crippen LogP contribution is -2.12. The molecular weight excluding hydrogens is 310 g/mol. The van der Waals surface area contributed by atoms with Gasteiger partial charge in [-0.05, 0) is 19.1 Å². The molecule has 2 heterocycles. The third-order valence-corrected chi connectivity index (χ3v) is 3.84. The molecular formula is C14H10ClN3O2S. The maximum atomic E-state index is 12.1. The molecule has 0 aliphatic rings. The van der Waals surface area contributed by atoms with Gasteiger partial charge in [0.25, 0.3) is 5.91 Å². The second-order valence-corrected chi connectivity index (χ2v) is 5.62. The zero-order chi connectivity index (χ0) is 14.8. The molecule has 1 aromatic carbocycles. The number of thiazole rings is 1. The number of amides is 1. The molecule has 7 heteroatoms. The minimum absolute atomic E-state index is 0.320. The number of halogens is 1. The average molecular weight is 320 g/mol. The number of hydrogen-bond donors (Lipinski definition) is 1. The highest BCUT2D eigenvalue weighted by Crippen LogP contribution is 2.25. The van der Waals surface area contributed by atoms with Crippen LogP contribution >= 0.6 is 22.9 Å². The lowest BCUT2D eigenvalue weighted by atomic mass is 10.2. The molecule has 0 spiro atoms. The fraction of sp³-hybridized carbons (Fsp3) is 0.0714. The molecule has 0 radical (unpaired) electrons. The second kappa shape index (κ2) is 5.67. The van der Waals surface area contributed by atoms with Gasteiger partial charge >= 0.3 is 0 Å². The lowest BCUT2D eigenvalue weighted by molar-refractivity contribution is 0.102. The number of rotatable bonds is 3. The summed E-state index contributed by atoms with van der Waals surface area (Å²) < 4.78 is 4.89. The predicted molar refractivity (Wildman–Crippen MR) is 81.8 cm³/mol. The van der Waals surface area contributed by atoms with Gasteiger partial charge in [-0.25, -0.2) is 4.98 Å². The summed E-state index contributed by atoms with van der Waals surface area (Å²) in [5, 5.41) is 9.46. The number of aryl methyl sites for hydroxylation is 1. The summed E-state index contributed by atoms with van der Waals surface area (Å²) in [4.78, 5) is 16.4. The Hall–Kier alpha value is -2.18. The van der Waals surface area contributed by atoms with Gasteiger partial charge in [-0.3, -0.25) is 4.79 Å². The van der Waals surface area contributed by atoms with Crippen LogP contribution in [0.5, 0.6) is 0 Å². The number of carbonyl (C=O) groups is 1. The Bertz CT molecular complexity index is 780. The fourth-order valence-electron chi connectivity index (χ4n) is 1.71. The molecule has 0 bridgehead atoms. The van der Waals surface area contributed by atoms with E-state index >= 15 is 0 Å². The summed E-state index contributed by atoms with van der Waals surface area (Å²) in [6.07, 6.45) is 0. The Labute approximate surface area is 129 Å². The molecule has 0 saturated heterocycles. The third-order valence-electron chi connectivity index (χ3n) is 2.70. The topological polar surface area (TPSA) is 68.0 Å². The highest BCUT2D eigenvalue weighted by atomic mass is 35.5. The summed E-state index contributed by atoms with van der Waals surface area (Å²) in [5.74, 6) is 0.684. The van der Waals surface area contributed by atoms with E-state index < -0.39 is 0 Å². The van der Waals surface area contributed by atoms with Gasteiger partial charge in [-0.1, -0.05) is 28.9 Å². The Morgan fingerprint density at radius 3 is 2.76 bits per heavy atom. The number of carbonyl (C=O) groups excluding carboxylic acids is 1. The molecule has 3 rings (SSSR count). The van der Waals surface area contributed by atoms with Crippen molar-refractivity contribution in [3.63, 3.8) is 0 Å². The first-order valence-electron chi connectivity index (χ1n) is 6.08. The zero-order valence-electron chi connectivity index (χ0n) is 11.0. The van der Waals surface area contributed by atoms with Crippen LogP contribution in [-0.2, 0) is 0 Å². The van der Waals surface area contributed by atoms with Crippen LogP contribution in [-0.4, -0.2) is 16.0 Å². The maximum Gasteiger partial charge on any atom is 0.276 e. The van der Waals surface area contributed by atoms with Crippen molar-refractivity contribution in [2.24, 2.45) is 0 Å². The minimum Gasteiger partial charge on any atom is -0.360 e. The van der Waals surface area contributed by atoms with E-state index in [0.29, 0.717) is 22.3 Å². The molecule has 1 amide bonds. The quantitative estimate of drug-likeness (QED) is 0.792. The average Bonchev–Trinajstić information content (AvgIpc) is 3.09. The SMILES string of the molecule is Cc1cc(NC(=O)c2csc(-c3ccc(Cl)cc3)n2)no1. The van der Waals surface area contributed by atoms with Gasteiger partial charge in [0.1, 0.15) is 16.5 Å². The van der Waals surface area contributed by atoms with Crippen LogP contribution in [0.2, 0.25) is 5.02 Å². The molecule has 3 aromatic rings. The van der Waals surface area contributed by atoms with Crippen molar-refractivity contribution in [3.8, 4) is 10.6 Å². The predicted octanol–water partition coefficient (Wildman–Crippen LogP) is 4.01. The van der Waals surface area contributed by atoms with Crippen molar-refractivity contribution in [1.82, 2.24) is 10.1 Å². The molecule has 1 N–H and O–H groups in total. The van der Waals surface area contributed by atoms with Gasteiger partial charge < -0.3 is 9.84 Å². The van der Waals surface area contributed by atoms with E-state index in [1.807, 2.05) is 12.1 Å². The van der Waals surface area contributed by atoms with Crippen molar-refractivity contribution in [1.29, 1.82) is 0 Å². The lowest BCUT2D eigenvalue weighted by Gasteiger charge is -1.97. The van der Waals surface area contributed by atoms with Crippen LogP contribution < -0.4 is 5.32 Å². The molecule has 5 nitrogen and oxygen atoms in total. The molecule has 106 valence electrons. The van der Waals surface area contributed by atoms with Crippen LogP contribution in [0.25, 0.3) is 10.6 Å². The van der Waals surface area contributed by atoms with Crippen LogP contribution in [0.4, 0.5) is 5.82 Å². The number of anilines is 1. The van der Waals surface area contributed by atoms with Crippen molar-refractivity contribution in [2.75, 3.05) is 5.32 Å². The van der Waals surface area contributed by atoms with E-state index in [4.69, 9.17) is 16.1 Å². The molecule has 0 aliphatic carbocycles. The van der Waals surface area contributed by atoms with Gasteiger partial charge in [0, 0.05) is 22.0 Å². The molecule has 0 unspecified atom stereocenters. The van der Waals surface area contributed by atoms with E-state index in [1.54, 1.807) is 30.5 Å². The first-order chi connectivity index (χ1) is 10.1. The van der Waals surface area contributed by atoms with E-state index in [2.05, 4.69) is 15.5 Å². The van der Waals surface area contributed by atoms with Crippen LogP contribution in [0.3, 0.4) is 0 Å². The van der Waals surface area contributed by atoms with E-state index in [9.17, 15) is 4.79 Å². The standard InChI is InChI=1S/C14H10ClN3O2S/c1-8-6-12(18-20-8)17-13(19)11-7-21-14(16-11)9-2-4-10(15)5-3-9/h2-7H,1H3,(H,17,18,19). The highest BCUT2D eigenvalue weighted by Gasteiger charge is 2.13. The van der Waals surface area contributed by atoms with Gasteiger partial charge in [-0.2, -0.15) is 0 Å². The Kier molecular flexibility index (Phi) is 3.72. The molecule has 0 fully saturated rings. The van der Waals surface area contributed by atoms with Crippen LogP contribution in [0.1, 0.15) is 16.2 Å². The monoisotopic (exact) mass is 319 g/mol. The first-order valence-corrected chi connectivity index (χ1v) is 7.34. The maximum absolute atomic E-state index is 12.1. The minimum atomic E-state index is -0.320. The van der Waals surface area contributed by atoms with Crippen molar-refractivity contribution in [2.45, 2.75) is 6.92 Å². The van der Waals surface area contributed by atoms with E-state index in [-0.39, 0.29) is 5.91 Å². The zero-order valence-corrected chi connectivity index (χ0v) is 12.5. The number of aromatic nitrogens is 2. The van der Waals surface area contributed by atoms with Crippen molar-refractivity contribution < 1.29 is 9.32 Å². The summed E-state index contributed by atoms with van der Waals surface area (Å²) in [6.45, 7) is 1.75. The Morgan fingerprint density at radius 1 is 1.33 bits per heavy atom. The summed E-state index contributed by atoms with van der Waals surface area (Å²) >= 11 is 7.24. The van der Waals surface area contributed by atoms with Crippen molar-refractivity contribution in [3.05, 3.63) is 52.2 Å². The van der Waals surface area contributed by atoms with Crippen molar-refractivity contribution >= 4 is 34.7 Å². The molecule has 21 heavy (non-hydrogen) atoms. The number of hydrogen-bond acceptors (Lipinski definition) is 5. The molecule has 0 atom stereocenters. The second-order valence-electron chi connectivity index (χ2n) is 4.32. The van der Waals surface area contributed by atoms with Gasteiger partial charge in [-0.15, -0.1) is 11.3 Å². The molecule has 2 aromatic heterocycles. The molecule has 0 aliphatic heterocycles. The van der Waals surface area contributed by atoms with Gasteiger partial charge in [0.2, 0.25) is 0 Å². The number of nitrogens with one attached hydrogen (secondary N) is 1. The van der Waals surface area contributed by atoms with Gasteiger partial charge in [0.15, 0.2) is 5.82 Å². The summed E-state index contributed by atoms with van der Waals surface area (Å²) in [6, 6.07) is 8.95. The summed E-state index contributed by atoms with van der Waals surface area (Å²) in [7, 11) is 0. The summed E-state index contributed by atoms with van der Waals surface area (Å²) in [5.41, 5.74) is 1.26. The largest absolute Gasteiger partial charge is 0.360 e. The number of benzene rings is 1. The van der Waals surface area contributed by atoms with Crippen LogP contribution in [0.15, 0.2) is 40.2 Å². The van der Waals surface area contributed by atoms with Gasteiger partial charge in [0.05, 0.1) is 0 Å². The third kappa shape index (κ3) is 3.12. The first kappa shape index (κ1) is 13.8. The highest BCUT2D eigenvalue weighted by molar-refractivity contribution is 7.13. The normalized spacial score (nSPS) is 10.6. The molecule has 0 saturated carbocycles. The fourth-order valence-corrected chi connectivity index (χ4v) is 2.64. The van der Waals surface area contributed by atoms with E-state index in [0.717, 1.165) is 10.6 Å². The Balaban J connectivity index is 1.78. The Morgan fingerprint density at radius 2 is 2.10 bits per heavy atom. The number of nitrogens with zero attached hydrogens (tertiary/aromatic N) is 2.